The second-order valence-electron chi connectivity index (χ2n) is 8.56. The number of hydrogen-bond acceptors (Lipinski definition) is 6. The highest BCUT2D eigenvalue weighted by Crippen LogP contribution is 2.47. The number of pyridine rings is 1. The molecule has 4 rings (SSSR count). The van der Waals surface area contributed by atoms with Crippen LogP contribution in [0.4, 0.5) is 26.3 Å². The van der Waals surface area contributed by atoms with Gasteiger partial charge in [-0.05, 0) is 36.8 Å². The van der Waals surface area contributed by atoms with Crippen LogP contribution >= 0.6 is 11.8 Å². The molecule has 3 fully saturated rings. The summed E-state index contributed by atoms with van der Waals surface area (Å²) in [6.45, 7) is 4.65. The number of ether oxygens (including phenoxy) is 1. The molecule has 1 aromatic heterocycles. The van der Waals surface area contributed by atoms with Crippen molar-refractivity contribution in [1.29, 1.82) is 0 Å². The number of rotatable bonds is 5. The Labute approximate surface area is 201 Å². The van der Waals surface area contributed by atoms with E-state index in [0.717, 1.165) is 11.7 Å². The average Bonchev–Trinajstić information content (AvgIpc) is 3.13. The van der Waals surface area contributed by atoms with Crippen LogP contribution in [0.25, 0.3) is 0 Å². The fourth-order valence-corrected chi connectivity index (χ4v) is 5.37. The van der Waals surface area contributed by atoms with Crippen molar-refractivity contribution in [3.63, 3.8) is 0 Å². The van der Waals surface area contributed by atoms with Crippen molar-refractivity contribution in [1.82, 2.24) is 9.88 Å². The van der Waals surface area contributed by atoms with Gasteiger partial charge in [0.25, 0.3) is 0 Å². The van der Waals surface area contributed by atoms with E-state index in [9.17, 15) is 26.3 Å². The summed E-state index contributed by atoms with van der Waals surface area (Å²) in [6, 6.07) is 4.07. The Kier molecular flexibility index (Phi) is 10.2. The first-order chi connectivity index (χ1) is 16.2. The Morgan fingerprint density at radius 1 is 1.11 bits per heavy atom. The third-order valence-electron chi connectivity index (χ3n) is 5.63. The normalized spacial score (nSPS) is 21.6. The predicted octanol–water partition coefficient (Wildman–Crippen LogP) is 4.22. The summed E-state index contributed by atoms with van der Waals surface area (Å²) in [4.78, 5) is 24.6. The first kappa shape index (κ1) is 29.2. The van der Waals surface area contributed by atoms with Crippen molar-refractivity contribution < 1.29 is 50.9 Å². The summed E-state index contributed by atoms with van der Waals surface area (Å²) in [6.07, 6.45) is -0.389. The highest BCUT2D eigenvalue weighted by molar-refractivity contribution is 8.01. The minimum atomic E-state index is -5.08. The molecule has 2 saturated heterocycles. The van der Waals surface area contributed by atoms with Gasteiger partial charge in [0.2, 0.25) is 0 Å². The van der Waals surface area contributed by atoms with Gasteiger partial charge in [-0.25, -0.2) is 9.59 Å². The summed E-state index contributed by atoms with van der Waals surface area (Å²) in [5, 5.41) is 14.2. The first-order valence-corrected chi connectivity index (χ1v) is 11.7. The lowest BCUT2D eigenvalue weighted by Gasteiger charge is -2.49. The fourth-order valence-electron chi connectivity index (χ4n) is 3.77. The number of carbonyl (C=O) groups is 2. The molecular formula is C21H26F6N2O5S. The monoisotopic (exact) mass is 532 g/mol. The van der Waals surface area contributed by atoms with Crippen molar-refractivity contribution in [3.05, 3.63) is 30.1 Å². The van der Waals surface area contributed by atoms with Crippen LogP contribution in [0.2, 0.25) is 0 Å². The van der Waals surface area contributed by atoms with E-state index in [4.69, 9.17) is 24.5 Å². The molecule has 0 aromatic carbocycles. The summed E-state index contributed by atoms with van der Waals surface area (Å²) in [5.74, 6) is -3.34. The van der Waals surface area contributed by atoms with E-state index in [1.54, 1.807) is 0 Å². The highest BCUT2D eigenvalue weighted by Gasteiger charge is 2.49. The van der Waals surface area contributed by atoms with Crippen molar-refractivity contribution in [3.8, 4) is 0 Å². The number of alkyl halides is 6. The molecule has 3 aliphatic rings. The first-order valence-electron chi connectivity index (χ1n) is 10.7. The molecule has 7 nitrogen and oxygen atoms in total. The molecule has 3 heterocycles. The van der Waals surface area contributed by atoms with E-state index in [1.165, 1.54) is 50.9 Å². The molecule has 14 heteroatoms. The molecule has 2 N–H and O–H groups in total. The molecule has 1 aliphatic carbocycles. The Morgan fingerprint density at radius 2 is 1.69 bits per heavy atom. The average molecular weight is 533 g/mol. The molecule has 2 aliphatic heterocycles. The smallest absolute Gasteiger partial charge is 0.475 e. The second-order valence-corrected chi connectivity index (χ2v) is 10.1. The van der Waals surface area contributed by atoms with E-state index >= 15 is 0 Å². The Bertz CT molecular complexity index is 806. The van der Waals surface area contributed by atoms with Crippen LogP contribution in [0, 0.1) is 5.92 Å². The van der Waals surface area contributed by atoms with Crippen molar-refractivity contribution >= 4 is 23.7 Å². The Morgan fingerprint density at radius 3 is 2.11 bits per heavy atom. The van der Waals surface area contributed by atoms with E-state index in [0.29, 0.717) is 17.5 Å². The SMILES string of the molecule is O=C(O)C(F)(F)F.O=C(O)C(F)(F)F.c1cncc(COC2CSC3(C2)CN(CC2CCC2)C3)c1. The minimum absolute atomic E-state index is 0.432. The number of carboxylic acid groups (broad SMARTS) is 2. The molecule has 0 bridgehead atoms. The molecule has 1 unspecified atom stereocenters. The maximum Gasteiger partial charge on any atom is 0.490 e. The van der Waals surface area contributed by atoms with Crippen LogP contribution in [0.5, 0.6) is 0 Å². The van der Waals surface area contributed by atoms with Crippen molar-refractivity contribution in [2.75, 3.05) is 25.4 Å². The number of halogens is 6. The zero-order valence-electron chi connectivity index (χ0n) is 18.5. The molecule has 35 heavy (non-hydrogen) atoms. The largest absolute Gasteiger partial charge is 0.490 e. The third-order valence-corrected chi connectivity index (χ3v) is 7.21. The Hall–Kier alpha value is -2.06. The predicted molar refractivity (Wildman–Crippen MR) is 114 cm³/mol. The quantitative estimate of drug-likeness (QED) is 0.544. The minimum Gasteiger partial charge on any atom is -0.475 e. The van der Waals surface area contributed by atoms with Crippen LogP contribution < -0.4 is 0 Å². The van der Waals surface area contributed by atoms with Crippen LogP contribution in [0.3, 0.4) is 0 Å². The molecular weight excluding hydrogens is 506 g/mol. The van der Waals surface area contributed by atoms with Gasteiger partial charge in [-0.3, -0.25) is 4.98 Å². The zero-order valence-corrected chi connectivity index (χ0v) is 19.3. The van der Waals surface area contributed by atoms with E-state index < -0.39 is 24.3 Å². The van der Waals surface area contributed by atoms with Gasteiger partial charge in [-0.1, -0.05) is 12.5 Å². The summed E-state index contributed by atoms with van der Waals surface area (Å²) in [5.41, 5.74) is 1.18. The van der Waals surface area contributed by atoms with Gasteiger partial charge >= 0.3 is 24.3 Å². The molecule has 198 valence electrons. The van der Waals surface area contributed by atoms with Gasteiger partial charge in [0, 0.05) is 42.5 Å². The summed E-state index contributed by atoms with van der Waals surface area (Å²) < 4.78 is 70.1. The number of hydrogen-bond donors (Lipinski definition) is 2. The second kappa shape index (κ2) is 12.3. The maximum absolute atomic E-state index is 10.6. The molecule has 0 radical (unpaired) electrons. The van der Waals surface area contributed by atoms with Crippen LogP contribution in [0.1, 0.15) is 31.2 Å². The lowest BCUT2D eigenvalue weighted by molar-refractivity contribution is -0.193. The third kappa shape index (κ3) is 9.84. The highest BCUT2D eigenvalue weighted by atomic mass is 32.2. The number of aromatic nitrogens is 1. The number of nitrogens with zero attached hydrogens (tertiary/aromatic N) is 2. The number of carboxylic acids is 2. The van der Waals surface area contributed by atoms with Gasteiger partial charge in [0.05, 0.1) is 12.7 Å². The van der Waals surface area contributed by atoms with Crippen molar-refractivity contribution in [2.45, 2.75) is 55.5 Å². The maximum atomic E-state index is 10.6. The topological polar surface area (TPSA) is 100.0 Å². The van der Waals surface area contributed by atoms with Crippen molar-refractivity contribution in [2.24, 2.45) is 5.92 Å². The number of aliphatic carboxylic acids is 2. The molecule has 1 aromatic rings. The van der Waals surface area contributed by atoms with Gasteiger partial charge in [-0.2, -0.15) is 26.3 Å². The van der Waals surface area contributed by atoms with Gasteiger partial charge < -0.3 is 19.8 Å². The lowest BCUT2D eigenvalue weighted by atomic mass is 9.83. The lowest BCUT2D eigenvalue weighted by Crippen LogP contribution is -2.60. The van der Waals surface area contributed by atoms with Crippen LogP contribution in [-0.4, -0.2) is 80.6 Å². The Balaban J connectivity index is 0.000000257. The van der Waals surface area contributed by atoms with Gasteiger partial charge in [0.15, 0.2) is 0 Å². The summed E-state index contributed by atoms with van der Waals surface area (Å²) >= 11 is 2.15. The van der Waals surface area contributed by atoms with Crippen LogP contribution in [0.15, 0.2) is 24.5 Å². The summed E-state index contributed by atoms with van der Waals surface area (Å²) in [7, 11) is 0. The molecule has 0 amide bonds. The molecule has 1 saturated carbocycles. The van der Waals surface area contributed by atoms with E-state index in [1.807, 2.05) is 18.5 Å². The van der Waals surface area contributed by atoms with E-state index in [-0.39, 0.29) is 0 Å². The van der Waals surface area contributed by atoms with Crippen LogP contribution in [-0.2, 0) is 20.9 Å². The number of likely N-dealkylation sites (tertiary alicyclic amines) is 1. The van der Waals surface area contributed by atoms with E-state index in [2.05, 4.69) is 27.7 Å². The van der Waals surface area contributed by atoms with Gasteiger partial charge in [0.1, 0.15) is 0 Å². The fraction of sp³-hybridized carbons (Fsp3) is 0.667. The standard InChI is InChI=1S/C17H24N2OS.2C2HF3O2/c1-3-14(4-1)9-19-12-17(13-19)7-16(11-21-17)20-10-15-5-2-6-18-8-15;2*3-2(4,5)1(6)7/h2,5-6,8,14,16H,1,3-4,7,9-13H2;2*(H,6,7). The molecule has 1 atom stereocenters. The van der Waals surface area contributed by atoms with Gasteiger partial charge in [-0.15, -0.1) is 11.8 Å². The zero-order chi connectivity index (χ0) is 26.3. The molecule has 1 spiro atoms. The number of thioether (sulfide) groups is 1.